The molecule has 3 aromatic carbocycles. The summed E-state index contributed by atoms with van der Waals surface area (Å²) in [7, 11) is 0. The summed E-state index contributed by atoms with van der Waals surface area (Å²) in [6.45, 7) is 2.09. The van der Waals surface area contributed by atoms with Crippen LogP contribution in [0.15, 0.2) is 76.4 Å². The molecule has 1 N–H and O–H groups in total. The van der Waals surface area contributed by atoms with Crippen LogP contribution < -0.4 is 0 Å². The van der Waals surface area contributed by atoms with Crippen molar-refractivity contribution in [3.8, 4) is 0 Å². The fourth-order valence-corrected chi connectivity index (χ4v) is 3.86. The lowest BCUT2D eigenvalue weighted by Crippen LogP contribution is -2.12. The fraction of sp³-hybridized carbons (Fsp3) is 0.136. The van der Waals surface area contributed by atoms with Gasteiger partial charge >= 0.3 is 0 Å². The molecule has 0 aliphatic carbocycles. The Bertz CT molecular complexity index is 970. The Morgan fingerprint density at radius 2 is 1.74 bits per heavy atom. The van der Waals surface area contributed by atoms with Gasteiger partial charge in [-0.2, -0.15) is 0 Å². The van der Waals surface area contributed by atoms with Crippen molar-refractivity contribution in [3.05, 3.63) is 104 Å². The van der Waals surface area contributed by atoms with Crippen LogP contribution in [0.2, 0.25) is 10.0 Å². The Balaban J connectivity index is 2.06. The third-order valence-electron chi connectivity index (χ3n) is 4.59. The van der Waals surface area contributed by atoms with Gasteiger partial charge < -0.3 is 5.21 Å². The molecule has 0 heterocycles. The molecule has 0 spiro atoms. The molecule has 3 aromatic rings. The molecule has 5 heteroatoms. The second-order valence-corrected chi connectivity index (χ2v) is 8.10. The molecule has 0 saturated carbocycles. The van der Waals surface area contributed by atoms with E-state index in [1.54, 1.807) is 18.2 Å². The monoisotopic (exact) mass is 461 g/mol. The lowest BCUT2D eigenvalue weighted by atomic mass is 9.83. The Morgan fingerprint density at radius 1 is 1.04 bits per heavy atom. The number of hydrogen-bond donors (Lipinski definition) is 1. The lowest BCUT2D eigenvalue weighted by molar-refractivity contribution is 0.317. The lowest BCUT2D eigenvalue weighted by Gasteiger charge is -2.21. The summed E-state index contributed by atoms with van der Waals surface area (Å²) in [5, 5.41) is 14.3. The van der Waals surface area contributed by atoms with E-state index in [-0.39, 0.29) is 5.92 Å². The second-order valence-electron chi connectivity index (χ2n) is 6.34. The molecule has 0 fully saturated rings. The van der Waals surface area contributed by atoms with Gasteiger partial charge in [-0.05, 0) is 53.9 Å². The number of benzene rings is 3. The number of aryl methyl sites for hydroxylation is 1. The molecule has 0 saturated heterocycles. The number of nitrogens with zero attached hydrogens (tertiary/aromatic N) is 1. The van der Waals surface area contributed by atoms with Crippen LogP contribution in [0.1, 0.15) is 34.6 Å². The van der Waals surface area contributed by atoms with Crippen LogP contribution >= 0.6 is 39.1 Å². The average molecular weight is 463 g/mol. The van der Waals surface area contributed by atoms with Gasteiger partial charge in [0.2, 0.25) is 0 Å². The largest absolute Gasteiger partial charge is 0.411 e. The molecule has 1 unspecified atom stereocenters. The zero-order valence-electron chi connectivity index (χ0n) is 14.7. The average Bonchev–Trinajstić information content (AvgIpc) is 2.67. The van der Waals surface area contributed by atoms with E-state index in [0.29, 0.717) is 27.7 Å². The van der Waals surface area contributed by atoms with Gasteiger partial charge in [0, 0.05) is 32.4 Å². The van der Waals surface area contributed by atoms with Gasteiger partial charge in [-0.25, -0.2) is 0 Å². The van der Waals surface area contributed by atoms with E-state index in [1.807, 2.05) is 24.3 Å². The zero-order chi connectivity index (χ0) is 19.4. The minimum absolute atomic E-state index is 0.0141. The first-order chi connectivity index (χ1) is 13.0. The van der Waals surface area contributed by atoms with Crippen LogP contribution in [0.3, 0.4) is 0 Å². The molecule has 138 valence electrons. The predicted molar refractivity (Wildman–Crippen MR) is 117 cm³/mol. The Kier molecular flexibility index (Phi) is 6.59. The summed E-state index contributed by atoms with van der Waals surface area (Å²) in [6.07, 6.45) is 0.489. The number of oxime groups is 1. The van der Waals surface area contributed by atoms with Crippen molar-refractivity contribution in [2.75, 3.05) is 0 Å². The maximum atomic E-state index is 9.73. The highest BCUT2D eigenvalue weighted by molar-refractivity contribution is 9.10. The standard InChI is InChI=1S/C22H18BrCl2NO/c1-14-4-2-3-5-18(14)19(15-6-8-16(23)9-7-15)13-22(26-27)20-12-17(24)10-11-21(20)25/h2-12,19,27H,13H2,1H3/b26-22+. The van der Waals surface area contributed by atoms with E-state index in [0.717, 1.165) is 10.0 Å². The molecular formula is C22H18BrCl2NO. The van der Waals surface area contributed by atoms with Gasteiger partial charge in [0.25, 0.3) is 0 Å². The van der Waals surface area contributed by atoms with Crippen LogP contribution in [0.5, 0.6) is 0 Å². The maximum Gasteiger partial charge on any atom is 0.0892 e. The molecule has 3 rings (SSSR count). The molecule has 0 radical (unpaired) electrons. The van der Waals surface area contributed by atoms with Gasteiger partial charge in [-0.15, -0.1) is 0 Å². The molecule has 0 bridgehead atoms. The molecular weight excluding hydrogens is 445 g/mol. The minimum Gasteiger partial charge on any atom is -0.411 e. The fourth-order valence-electron chi connectivity index (χ4n) is 3.20. The van der Waals surface area contributed by atoms with Crippen LogP contribution in [-0.4, -0.2) is 10.9 Å². The van der Waals surface area contributed by atoms with Crippen LogP contribution in [0.4, 0.5) is 0 Å². The molecule has 0 aliphatic heterocycles. The topological polar surface area (TPSA) is 32.6 Å². The van der Waals surface area contributed by atoms with E-state index in [2.05, 4.69) is 52.3 Å². The van der Waals surface area contributed by atoms with Crippen LogP contribution in [0.25, 0.3) is 0 Å². The Labute approximate surface area is 177 Å². The first-order valence-corrected chi connectivity index (χ1v) is 10.0. The van der Waals surface area contributed by atoms with Gasteiger partial charge in [-0.3, -0.25) is 0 Å². The first kappa shape index (κ1) is 19.9. The first-order valence-electron chi connectivity index (χ1n) is 8.47. The van der Waals surface area contributed by atoms with Crippen LogP contribution in [-0.2, 0) is 0 Å². The van der Waals surface area contributed by atoms with Gasteiger partial charge in [0.1, 0.15) is 0 Å². The van der Waals surface area contributed by atoms with Gasteiger partial charge in [0.15, 0.2) is 0 Å². The molecule has 0 aliphatic rings. The summed E-state index contributed by atoms with van der Waals surface area (Å²) in [4.78, 5) is 0. The molecule has 0 aromatic heterocycles. The Morgan fingerprint density at radius 3 is 2.41 bits per heavy atom. The molecule has 27 heavy (non-hydrogen) atoms. The van der Waals surface area contributed by atoms with E-state index < -0.39 is 0 Å². The van der Waals surface area contributed by atoms with E-state index in [4.69, 9.17) is 23.2 Å². The molecule has 0 amide bonds. The normalized spacial score (nSPS) is 12.8. The van der Waals surface area contributed by atoms with Gasteiger partial charge in [0.05, 0.1) is 5.71 Å². The zero-order valence-corrected chi connectivity index (χ0v) is 17.8. The van der Waals surface area contributed by atoms with Crippen molar-refractivity contribution in [2.24, 2.45) is 5.16 Å². The highest BCUT2D eigenvalue weighted by atomic mass is 79.9. The van der Waals surface area contributed by atoms with E-state index in [9.17, 15) is 5.21 Å². The number of rotatable bonds is 5. The summed E-state index contributed by atoms with van der Waals surface area (Å²) in [5.74, 6) is 0.0141. The van der Waals surface area contributed by atoms with E-state index in [1.165, 1.54) is 11.1 Å². The summed E-state index contributed by atoms with van der Waals surface area (Å²) < 4.78 is 1.02. The van der Waals surface area contributed by atoms with Gasteiger partial charge in [-0.1, -0.05) is 80.7 Å². The number of hydrogen-bond acceptors (Lipinski definition) is 2. The van der Waals surface area contributed by atoms with Crippen molar-refractivity contribution in [2.45, 2.75) is 19.3 Å². The summed E-state index contributed by atoms with van der Waals surface area (Å²) in [5.41, 5.74) is 4.63. The highest BCUT2D eigenvalue weighted by Crippen LogP contribution is 2.34. The third kappa shape index (κ3) is 4.73. The van der Waals surface area contributed by atoms with Crippen molar-refractivity contribution in [3.63, 3.8) is 0 Å². The van der Waals surface area contributed by atoms with Crippen molar-refractivity contribution in [1.29, 1.82) is 0 Å². The van der Waals surface area contributed by atoms with Crippen LogP contribution in [0, 0.1) is 6.92 Å². The van der Waals surface area contributed by atoms with Crippen molar-refractivity contribution in [1.82, 2.24) is 0 Å². The van der Waals surface area contributed by atoms with Crippen molar-refractivity contribution >= 4 is 44.8 Å². The third-order valence-corrected chi connectivity index (χ3v) is 5.69. The van der Waals surface area contributed by atoms with Crippen molar-refractivity contribution < 1.29 is 5.21 Å². The summed E-state index contributed by atoms with van der Waals surface area (Å²) in [6, 6.07) is 21.6. The summed E-state index contributed by atoms with van der Waals surface area (Å²) >= 11 is 16.0. The minimum atomic E-state index is 0.0141. The second kappa shape index (κ2) is 8.92. The SMILES string of the molecule is Cc1ccccc1C(C/C(=N\O)c1cc(Cl)ccc1Cl)c1ccc(Br)cc1. The van der Waals surface area contributed by atoms with E-state index >= 15 is 0 Å². The maximum absolute atomic E-state index is 9.73. The predicted octanol–water partition coefficient (Wildman–Crippen LogP) is 7.46. The highest BCUT2D eigenvalue weighted by Gasteiger charge is 2.21. The molecule has 1 atom stereocenters. The molecule has 2 nitrogen and oxygen atoms in total. The quantitative estimate of drug-likeness (QED) is 0.238. The Hall–Kier alpha value is -1.81. The smallest absolute Gasteiger partial charge is 0.0892 e. The number of halogens is 3.